The highest BCUT2D eigenvalue weighted by Gasteiger charge is 2.15. The first-order valence-electron chi connectivity index (χ1n) is 6.36. The van der Waals surface area contributed by atoms with Crippen molar-refractivity contribution in [2.45, 2.75) is 65.5 Å². The molecule has 2 atom stereocenters. The summed E-state index contributed by atoms with van der Waals surface area (Å²) in [6, 6.07) is 1.10. The molecule has 0 aliphatic rings. The van der Waals surface area contributed by atoms with Gasteiger partial charge in [0.05, 0.1) is 6.61 Å². The number of rotatable bonds is 9. The molecule has 0 spiro atoms. The minimum atomic E-state index is 0.492. The Hall–Kier alpha value is -0.0800. The number of methoxy groups -OCH3 is 1. The Kier molecular flexibility index (Phi) is 9.12. The standard InChI is InChI=1S/C13H29NO/c1-6-7-8-9-12(4)14-13(10-15-5)11(2)3/h11-14H,6-10H2,1-5H3. The third-order valence-corrected chi connectivity index (χ3v) is 2.89. The van der Waals surface area contributed by atoms with E-state index in [2.05, 4.69) is 33.0 Å². The molecule has 2 nitrogen and oxygen atoms in total. The lowest BCUT2D eigenvalue weighted by Gasteiger charge is -2.25. The average Bonchev–Trinajstić information content (AvgIpc) is 2.17. The molecule has 0 amide bonds. The van der Waals surface area contributed by atoms with Crippen LogP contribution in [0.15, 0.2) is 0 Å². The summed E-state index contributed by atoms with van der Waals surface area (Å²) in [5.74, 6) is 0.638. The van der Waals surface area contributed by atoms with Crippen molar-refractivity contribution in [1.82, 2.24) is 5.32 Å². The fourth-order valence-corrected chi connectivity index (χ4v) is 1.76. The van der Waals surface area contributed by atoms with E-state index >= 15 is 0 Å². The monoisotopic (exact) mass is 215 g/mol. The van der Waals surface area contributed by atoms with Gasteiger partial charge in [0.15, 0.2) is 0 Å². The zero-order chi connectivity index (χ0) is 11.7. The lowest BCUT2D eigenvalue weighted by atomic mass is 10.0. The van der Waals surface area contributed by atoms with Crippen LogP contribution in [-0.4, -0.2) is 25.8 Å². The second-order valence-electron chi connectivity index (χ2n) is 4.87. The Labute approximate surface area is 95.8 Å². The van der Waals surface area contributed by atoms with Gasteiger partial charge in [-0.05, 0) is 19.3 Å². The first-order chi connectivity index (χ1) is 7.11. The van der Waals surface area contributed by atoms with Crippen LogP contribution in [0.1, 0.15) is 53.4 Å². The third-order valence-electron chi connectivity index (χ3n) is 2.89. The minimum Gasteiger partial charge on any atom is -0.383 e. The molecule has 0 aliphatic heterocycles. The predicted molar refractivity (Wildman–Crippen MR) is 67.2 cm³/mol. The smallest absolute Gasteiger partial charge is 0.0618 e. The third kappa shape index (κ3) is 7.80. The molecule has 0 aromatic carbocycles. The number of nitrogens with one attached hydrogen (secondary N) is 1. The fraction of sp³-hybridized carbons (Fsp3) is 1.00. The second kappa shape index (κ2) is 9.17. The van der Waals surface area contributed by atoms with E-state index in [1.807, 2.05) is 0 Å². The summed E-state index contributed by atoms with van der Waals surface area (Å²) in [5.41, 5.74) is 0. The van der Waals surface area contributed by atoms with Crippen molar-refractivity contribution >= 4 is 0 Å². The summed E-state index contributed by atoms with van der Waals surface area (Å²) in [4.78, 5) is 0. The van der Waals surface area contributed by atoms with Gasteiger partial charge in [-0.2, -0.15) is 0 Å². The molecule has 15 heavy (non-hydrogen) atoms. The van der Waals surface area contributed by atoms with Crippen LogP contribution in [0.25, 0.3) is 0 Å². The molecule has 0 heterocycles. The Morgan fingerprint density at radius 1 is 1.13 bits per heavy atom. The molecule has 2 unspecified atom stereocenters. The molecular weight excluding hydrogens is 186 g/mol. The van der Waals surface area contributed by atoms with Gasteiger partial charge in [-0.1, -0.05) is 40.0 Å². The topological polar surface area (TPSA) is 21.3 Å². The van der Waals surface area contributed by atoms with Crippen molar-refractivity contribution in [1.29, 1.82) is 0 Å². The number of hydrogen-bond donors (Lipinski definition) is 1. The summed E-state index contributed by atoms with van der Waals surface area (Å²) in [5, 5.41) is 3.65. The summed E-state index contributed by atoms with van der Waals surface area (Å²) >= 11 is 0. The van der Waals surface area contributed by atoms with Gasteiger partial charge in [0, 0.05) is 19.2 Å². The highest BCUT2D eigenvalue weighted by Crippen LogP contribution is 2.07. The average molecular weight is 215 g/mol. The van der Waals surface area contributed by atoms with Crippen LogP contribution in [0.5, 0.6) is 0 Å². The van der Waals surface area contributed by atoms with E-state index < -0.39 is 0 Å². The van der Waals surface area contributed by atoms with Crippen molar-refractivity contribution in [3.63, 3.8) is 0 Å². The molecule has 0 saturated carbocycles. The van der Waals surface area contributed by atoms with Crippen LogP contribution in [0.4, 0.5) is 0 Å². The van der Waals surface area contributed by atoms with Crippen molar-refractivity contribution in [2.75, 3.05) is 13.7 Å². The second-order valence-corrected chi connectivity index (χ2v) is 4.87. The van der Waals surface area contributed by atoms with Crippen LogP contribution in [0, 0.1) is 5.92 Å². The molecule has 1 N–H and O–H groups in total. The lowest BCUT2D eigenvalue weighted by molar-refractivity contribution is 0.140. The first-order valence-corrected chi connectivity index (χ1v) is 6.36. The van der Waals surface area contributed by atoms with Gasteiger partial charge < -0.3 is 10.1 Å². The molecule has 0 rings (SSSR count). The Balaban J connectivity index is 3.73. The van der Waals surface area contributed by atoms with E-state index in [4.69, 9.17) is 4.74 Å². The Morgan fingerprint density at radius 3 is 2.27 bits per heavy atom. The van der Waals surface area contributed by atoms with Gasteiger partial charge in [-0.15, -0.1) is 0 Å². The highest BCUT2D eigenvalue weighted by atomic mass is 16.5. The summed E-state index contributed by atoms with van der Waals surface area (Å²) in [7, 11) is 1.78. The first kappa shape index (κ1) is 14.9. The normalized spacial score (nSPS) is 15.6. The summed E-state index contributed by atoms with van der Waals surface area (Å²) < 4.78 is 5.23. The number of unbranched alkanes of at least 4 members (excludes halogenated alkanes) is 2. The van der Waals surface area contributed by atoms with Crippen LogP contribution in [0.3, 0.4) is 0 Å². The Morgan fingerprint density at radius 2 is 1.80 bits per heavy atom. The molecule has 0 bridgehead atoms. The van der Waals surface area contributed by atoms with Crippen molar-refractivity contribution < 1.29 is 4.74 Å². The van der Waals surface area contributed by atoms with Gasteiger partial charge in [0.25, 0.3) is 0 Å². The molecule has 0 aliphatic carbocycles. The Bertz CT molecular complexity index is 136. The minimum absolute atomic E-state index is 0.492. The molecule has 0 fully saturated rings. The van der Waals surface area contributed by atoms with E-state index in [1.54, 1.807) is 7.11 Å². The predicted octanol–water partition coefficient (Wildman–Crippen LogP) is 3.22. The highest BCUT2D eigenvalue weighted by molar-refractivity contribution is 4.74. The maximum absolute atomic E-state index is 5.23. The molecule has 0 radical (unpaired) electrons. The van der Waals surface area contributed by atoms with Crippen molar-refractivity contribution in [3.8, 4) is 0 Å². The number of ether oxygens (including phenoxy) is 1. The van der Waals surface area contributed by atoms with Crippen molar-refractivity contribution in [3.05, 3.63) is 0 Å². The van der Waals surface area contributed by atoms with E-state index in [9.17, 15) is 0 Å². The van der Waals surface area contributed by atoms with Gasteiger partial charge in [0.1, 0.15) is 0 Å². The fourth-order valence-electron chi connectivity index (χ4n) is 1.76. The molecule has 0 saturated heterocycles. The summed E-state index contributed by atoms with van der Waals surface area (Å²) in [6.45, 7) is 9.83. The SMILES string of the molecule is CCCCCC(C)NC(COC)C(C)C. The zero-order valence-electron chi connectivity index (χ0n) is 11.2. The van der Waals surface area contributed by atoms with E-state index in [0.29, 0.717) is 18.0 Å². The van der Waals surface area contributed by atoms with Gasteiger partial charge in [-0.3, -0.25) is 0 Å². The van der Waals surface area contributed by atoms with E-state index in [-0.39, 0.29) is 0 Å². The van der Waals surface area contributed by atoms with Crippen LogP contribution in [-0.2, 0) is 4.74 Å². The maximum Gasteiger partial charge on any atom is 0.0618 e. The van der Waals surface area contributed by atoms with E-state index in [0.717, 1.165) is 6.61 Å². The van der Waals surface area contributed by atoms with Crippen molar-refractivity contribution in [2.24, 2.45) is 5.92 Å². The molecule has 0 aromatic heterocycles. The van der Waals surface area contributed by atoms with Crippen LogP contribution in [0.2, 0.25) is 0 Å². The molecule has 2 heteroatoms. The van der Waals surface area contributed by atoms with Crippen LogP contribution >= 0.6 is 0 Å². The largest absolute Gasteiger partial charge is 0.383 e. The van der Waals surface area contributed by atoms with Gasteiger partial charge in [0.2, 0.25) is 0 Å². The van der Waals surface area contributed by atoms with Gasteiger partial charge >= 0.3 is 0 Å². The van der Waals surface area contributed by atoms with Crippen LogP contribution < -0.4 is 5.32 Å². The number of hydrogen-bond acceptors (Lipinski definition) is 2. The van der Waals surface area contributed by atoms with E-state index in [1.165, 1.54) is 25.7 Å². The molecule has 92 valence electrons. The molecule has 0 aromatic rings. The quantitative estimate of drug-likeness (QED) is 0.596. The maximum atomic E-state index is 5.23. The molecular formula is C13H29NO. The van der Waals surface area contributed by atoms with Gasteiger partial charge in [-0.25, -0.2) is 0 Å². The lowest BCUT2D eigenvalue weighted by Crippen LogP contribution is -2.42. The summed E-state index contributed by atoms with van der Waals surface area (Å²) in [6.07, 6.45) is 5.27. The zero-order valence-corrected chi connectivity index (χ0v) is 11.2.